The molecule has 0 atom stereocenters. The van der Waals surface area contributed by atoms with E-state index in [9.17, 15) is 4.79 Å². The van der Waals surface area contributed by atoms with E-state index in [1.54, 1.807) is 0 Å². The van der Waals surface area contributed by atoms with E-state index in [2.05, 4.69) is 4.98 Å². The maximum absolute atomic E-state index is 11.8. The average Bonchev–Trinajstić information content (AvgIpc) is 2.75. The molecule has 0 spiro atoms. The van der Waals surface area contributed by atoms with Crippen LogP contribution in [-0.4, -0.2) is 15.2 Å². The number of rotatable bonds is 0. The Morgan fingerprint density at radius 2 is 2.22 bits per heavy atom. The second-order valence-electron chi connectivity index (χ2n) is 4.51. The molecular formula is C15H10N2O. The van der Waals surface area contributed by atoms with Crippen LogP contribution in [0.3, 0.4) is 0 Å². The molecule has 0 radical (unpaired) electrons. The molecule has 3 heteroatoms. The summed E-state index contributed by atoms with van der Waals surface area (Å²) >= 11 is 0. The molecule has 1 aliphatic carbocycles. The van der Waals surface area contributed by atoms with Crippen molar-refractivity contribution in [2.24, 2.45) is 0 Å². The highest BCUT2D eigenvalue weighted by atomic mass is 16.1. The lowest BCUT2D eigenvalue weighted by Gasteiger charge is -2.08. The summed E-state index contributed by atoms with van der Waals surface area (Å²) in [6, 6.07) is 7.97. The minimum Gasteiger partial charge on any atom is -0.321 e. The minimum absolute atomic E-state index is 0.150. The van der Waals surface area contributed by atoms with E-state index >= 15 is 0 Å². The van der Waals surface area contributed by atoms with Crippen molar-refractivity contribution in [3.8, 4) is 0 Å². The van der Waals surface area contributed by atoms with Crippen molar-refractivity contribution < 1.29 is 4.79 Å². The molecule has 0 N–H and O–H groups in total. The molecule has 0 fully saturated rings. The lowest BCUT2D eigenvalue weighted by atomic mass is 10.00. The van der Waals surface area contributed by atoms with Crippen molar-refractivity contribution in [1.82, 2.24) is 9.38 Å². The SMILES string of the molecule is O=C1CC=Cc2nc3c(cc21)cn1ccccc31. The Balaban J connectivity index is 2.17. The number of ketones is 1. The summed E-state index contributed by atoms with van der Waals surface area (Å²) in [7, 11) is 0. The molecule has 0 saturated heterocycles. The van der Waals surface area contributed by atoms with Gasteiger partial charge in [0.25, 0.3) is 0 Å². The van der Waals surface area contributed by atoms with Gasteiger partial charge < -0.3 is 4.40 Å². The second-order valence-corrected chi connectivity index (χ2v) is 4.51. The van der Waals surface area contributed by atoms with Gasteiger partial charge in [0.2, 0.25) is 0 Å². The van der Waals surface area contributed by atoms with Crippen LogP contribution in [0, 0.1) is 0 Å². The van der Waals surface area contributed by atoms with Gasteiger partial charge in [-0.05, 0) is 24.3 Å². The largest absolute Gasteiger partial charge is 0.321 e. The number of pyridine rings is 2. The monoisotopic (exact) mass is 234 g/mol. The predicted octanol–water partition coefficient (Wildman–Crippen LogP) is 3.09. The van der Waals surface area contributed by atoms with Gasteiger partial charge in [0.15, 0.2) is 5.78 Å². The van der Waals surface area contributed by atoms with E-state index in [0.717, 1.165) is 27.7 Å². The molecule has 0 unspecified atom stereocenters. The molecule has 3 aromatic heterocycles. The molecule has 0 saturated carbocycles. The Morgan fingerprint density at radius 1 is 1.28 bits per heavy atom. The molecule has 0 aromatic carbocycles. The van der Waals surface area contributed by atoms with Gasteiger partial charge in [-0.1, -0.05) is 12.1 Å². The first-order chi connectivity index (χ1) is 8.83. The molecule has 3 heterocycles. The van der Waals surface area contributed by atoms with E-state index in [-0.39, 0.29) is 5.78 Å². The van der Waals surface area contributed by atoms with Crippen molar-refractivity contribution in [3.63, 3.8) is 0 Å². The van der Waals surface area contributed by atoms with Crippen LogP contribution in [-0.2, 0) is 0 Å². The third kappa shape index (κ3) is 1.19. The summed E-state index contributed by atoms with van der Waals surface area (Å²) in [5.41, 5.74) is 3.55. The van der Waals surface area contributed by atoms with E-state index in [1.165, 1.54) is 0 Å². The van der Waals surface area contributed by atoms with Gasteiger partial charge in [-0.3, -0.25) is 4.79 Å². The first-order valence-electron chi connectivity index (χ1n) is 5.93. The molecule has 3 aromatic rings. The summed E-state index contributed by atoms with van der Waals surface area (Å²) in [6.07, 6.45) is 8.30. The molecule has 0 aliphatic heterocycles. The van der Waals surface area contributed by atoms with Crippen LogP contribution in [0.15, 0.2) is 42.7 Å². The van der Waals surface area contributed by atoms with Crippen LogP contribution in [0.4, 0.5) is 0 Å². The maximum Gasteiger partial charge on any atom is 0.168 e. The summed E-state index contributed by atoms with van der Waals surface area (Å²) in [4.78, 5) is 16.5. The van der Waals surface area contributed by atoms with Crippen molar-refractivity contribution in [1.29, 1.82) is 0 Å². The number of nitrogens with zero attached hydrogens (tertiary/aromatic N) is 2. The Bertz CT molecular complexity index is 827. The normalized spacial score (nSPS) is 14.3. The van der Waals surface area contributed by atoms with Gasteiger partial charge in [-0.25, -0.2) is 4.98 Å². The van der Waals surface area contributed by atoms with Crippen LogP contribution >= 0.6 is 0 Å². The smallest absolute Gasteiger partial charge is 0.168 e. The highest BCUT2D eigenvalue weighted by molar-refractivity contribution is 6.06. The van der Waals surface area contributed by atoms with E-state index in [1.807, 2.05) is 53.2 Å². The number of aromatic nitrogens is 2. The van der Waals surface area contributed by atoms with Gasteiger partial charge in [0.1, 0.15) is 0 Å². The van der Waals surface area contributed by atoms with E-state index < -0.39 is 0 Å². The fraction of sp³-hybridized carbons (Fsp3) is 0.0667. The average molecular weight is 234 g/mol. The molecule has 86 valence electrons. The van der Waals surface area contributed by atoms with Gasteiger partial charge in [-0.15, -0.1) is 0 Å². The zero-order chi connectivity index (χ0) is 12.1. The van der Waals surface area contributed by atoms with Crippen LogP contribution < -0.4 is 0 Å². The molecule has 3 nitrogen and oxygen atoms in total. The van der Waals surface area contributed by atoms with Gasteiger partial charge in [0.05, 0.1) is 16.7 Å². The number of fused-ring (bicyclic) bond motifs is 4. The first kappa shape index (κ1) is 9.59. The second kappa shape index (κ2) is 3.29. The Labute approximate surface area is 103 Å². The summed E-state index contributed by atoms with van der Waals surface area (Å²) in [5.74, 6) is 0.150. The van der Waals surface area contributed by atoms with Crippen LogP contribution in [0.2, 0.25) is 0 Å². The van der Waals surface area contributed by atoms with Crippen molar-refractivity contribution in [2.75, 3.05) is 0 Å². The van der Waals surface area contributed by atoms with Crippen molar-refractivity contribution in [2.45, 2.75) is 6.42 Å². The quantitative estimate of drug-likeness (QED) is 0.599. The van der Waals surface area contributed by atoms with Gasteiger partial charge in [-0.2, -0.15) is 0 Å². The lowest BCUT2D eigenvalue weighted by Crippen LogP contribution is -2.05. The third-order valence-electron chi connectivity index (χ3n) is 3.37. The number of hydrogen-bond donors (Lipinski definition) is 0. The van der Waals surface area contributed by atoms with Gasteiger partial charge >= 0.3 is 0 Å². The summed E-state index contributed by atoms with van der Waals surface area (Å²) in [6.45, 7) is 0. The molecule has 0 bridgehead atoms. The number of hydrogen-bond acceptors (Lipinski definition) is 2. The van der Waals surface area contributed by atoms with Gasteiger partial charge in [0, 0.05) is 29.8 Å². The standard InChI is InChI=1S/C15H10N2O/c18-14-6-3-4-12-11(14)8-10-9-17-7-2-1-5-13(17)15(10)16-12/h1-5,7-9H,6H2. The van der Waals surface area contributed by atoms with Crippen molar-refractivity contribution >= 4 is 28.3 Å². The Kier molecular flexibility index (Phi) is 1.75. The number of Topliss-reactive ketones (excluding diaryl/α,β-unsaturated/α-hetero) is 1. The van der Waals surface area contributed by atoms with Crippen molar-refractivity contribution in [3.05, 3.63) is 54.0 Å². The molecule has 0 amide bonds. The zero-order valence-electron chi connectivity index (χ0n) is 9.63. The van der Waals surface area contributed by atoms with Crippen LogP contribution in [0.5, 0.6) is 0 Å². The molecule has 18 heavy (non-hydrogen) atoms. The van der Waals surface area contributed by atoms with E-state index in [4.69, 9.17) is 0 Å². The molecular weight excluding hydrogens is 224 g/mol. The van der Waals surface area contributed by atoms with E-state index in [0.29, 0.717) is 6.42 Å². The maximum atomic E-state index is 11.8. The fourth-order valence-corrected chi connectivity index (χ4v) is 2.50. The number of carbonyl (C=O) groups excluding carboxylic acids is 1. The summed E-state index contributed by atoms with van der Waals surface area (Å²) < 4.78 is 2.04. The fourth-order valence-electron chi connectivity index (χ4n) is 2.50. The van der Waals surface area contributed by atoms with Crippen LogP contribution in [0.25, 0.3) is 22.5 Å². The lowest BCUT2D eigenvalue weighted by molar-refractivity contribution is 0.0994. The Hall–Kier alpha value is -2.42. The van der Waals surface area contributed by atoms with Crippen LogP contribution in [0.1, 0.15) is 22.5 Å². The minimum atomic E-state index is 0.150. The summed E-state index contributed by atoms with van der Waals surface area (Å²) in [5, 5.41) is 1.02. The number of allylic oxidation sites excluding steroid dienone is 1. The highest BCUT2D eigenvalue weighted by Crippen LogP contribution is 2.26. The zero-order valence-corrected chi connectivity index (χ0v) is 9.63. The third-order valence-corrected chi connectivity index (χ3v) is 3.37. The topological polar surface area (TPSA) is 34.4 Å². The first-order valence-corrected chi connectivity index (χ1v) is 5.93. The molecule has 1 aliphatic rings. The molecule has 4 rings (SSSR count). The predicted molar refractivity (Wildman–Crippen MR) is 70.7 cm³/mol. The highest BCUT2D eigenvalue weighted by Gasteiger charge is 2.16. The Morgan fingerprint density at radius 3 is 3.17 bits per heavy atom. The number of carbonyl (C=O) groups is 1.